The lowest BCUT2D eigenvalue weighted by Gasteiger charge is -1.96. The van der Waals surface area contributed by atoms with Crippen molar-refractivity contribution in [1.82, 2.24) is 15.0 Å². The van der Waals surface area contributed by atoms with E-state index in [1.165, 1.54) is 23.1 Å². The molecule has 1 aromatic heterocycles. The van der Waals surface area contributed by atoms with Gasteiger partial charge in [-0.15, -0.1) is 0 Å². The summed E-state index contributed by atoms with van der Waals surface area (Å²) < 4.78 is 25.7. The van der Waals surface area contributed by atoms with Crippen LogP contribution in [0.1, 0.15) is 0 Å². The van der Waals surface area contributed by atoms with E-state index < -0.39 is 11.6 Å². The number of aryl methyl sites for hydroxylation is 1. The molecule has 0 N–H and O–H groups in total. The quantitative estimate of drug-likeness (QED) is 0.694. The average Bonchev–Trinajstić information content (AvgIpc) is 2.50. The van der Waals surface area contributed by atoms with Gasteiger partial charge in [0.2, 0.25) is 0 Å². The van der Waals surface area contributed by atoms with E-state index >= 15 is 0 Å². The van der Waals surface area contributed by atoms with Gasteiger partial charge in [-0.05, 0) is 12.1 Å². The summed E-state index contributed by atoms with van der Waals surface area (Å²) in [6.07, 6.45) is 1.45. The van der Waals surface area contributed by atoms with Crippen molar-refractivity contribution in [2.24, 2.45) is 7.05 Å². The highest BCUT2D eigenvalue weighted by atomic mass is 19.1. The molecule has 0 atom stereocenters. The third-order valence-electron chi connectivity index (χ3n) is 1.76. The number of rotatable bonds is 1. The van der Waals surface area contributed by atoms with Gasteiger partial charge in [-0.3, -0.25) is 0 Å². The molecule has 1 heterocycles. The summed E-state index contributed by atoms with van der Waals surface area (Å²) in [5.41, 5.74) is 0.835. The largest absolute Gasteiger partial charge is 0.207 e. The smallest absolute Gasteiger partial charge is 0.126 e. The van der Waals surface area contributed by atoms with Crippen molar-refractivity contribution < 1.29 is 8.78 Å². The zero-order valence-electron chi connectivity index (χ0n) is 7.41. The first-order valence-corrected chi connectivity index (χ1v) is 3.98. The van der Waals surface area contributed by atoms with Gasteiger partial charge in [0.25, 0.3) is 0 Å². The first-order chi connectivity index (χ1) is 6.65. The second kappa shape index (κ2) is 3.17. The van der Waals surface area contributed by atoms with E-state index in [2.05, 4.69) is 10.2 Å². The Kier molecular flexibility index (Phi) is 1.99. The Morgan fingerprint density at radius 3 is 2.29 bits per heavy atom. The third-order valence-corrected chi connectivity index (χ3v) is 1.76. The maximum absolute atomic E-state index is 12.8. The minimum Gasteiger partial charge on any atom is -0.207 e. The number of hydrogen-bond acceptors (Lipinski definition) is 2. The molecular formula is C9H7F2N3. The molecule has 0 saturated heterocycles. The van der Waals surface area contributed by atoms with E-state index in [4.69, 9.17) is 0 Å². The molecule has 0 radical (unpaired) electrons. The number of hydrogen-bond donors (Lipinski definition) is 0. The van der Waals surface area contributed by atoms with Gasteiger partial charge in [-0.1, -0.05) is 0 Å². The van der Waals surface area contributed by atoms with Crippen molar-refractivity contribution in [1.29, 1.82) is 0 Å². The summed E-state index contributed by atoms with van der Waals surface area (Å²) in [6, 6.07) is 3.25. The molecule has 0 aliphatic carbocycles. The minimum absolute atomic E-state index is 0.385. The predicted molar refractivity (Wildman–Crippen MR) is 46.4 cm³/mol. The van der Waals surface area contributed by atoms with Gasteiger partial charge in [0.15, 0.2) is 0 Å². The molecule has 2 aromatic rings. The normalized spacial score (nSPS) is 10.5. The number of halogens is 2. The van der Waals surface area contributed by atoms with Crippen LogP contribution in [0.4, 0.5) is 8.78 Å². The summed E-state index contributed by atoms with van der Waals surface area (Å²) in [4.78, 5) is 1.33. The van der Waals surface area contributed by atoms with Crippen molar-refractivity contribution in [2.75, 3.05) is 0 Å². The van der Waals surface area contributed by atoms with Gasteiger partial charge in [0.1, 0.15) is 17.3 Å². The highest BCUT2D eigenvalue weighted by Crippen LogP contribution is 2.18. The van der Waals surface area contributed by atoms with E-state index in [1.54, 1.807) is 7.05 Å². The van der Waals surface area contributed by atoms with Crippen molar-refractivity contribution in [3.8, 4) is 11.3 Å². The molecule has 0 aliphatic rings. The molecule has 72 valence electrons. The number of nitrogens with zero attached hydrogens (tertiary/aromatic N) is 3. The van der Waals surface area contributed by atoms with Gasteiger partial charge in [-0.2, -0.15) is 15.0 Å². The Labute approximate surface area is 79.0 Å². The lowest BCUT2D eigenvalue weighted by Crippen LogP contribution is -1.92. The first-order valence-electron chi connectivity index (χ1n) is 3.98. The standard InChI is InChI=1S/C9H7F2N3/c1-14-12-5-9(13-14)6-2-7(10)4-8(11)3-6/h2-5H,1H3. The van der Waals surface area contributed by atoms with Crippen LogP contribution in [0.15, 0.2) is 24.4 Å². The van der Waals surface area contributed by atoms with Gasteiger partial charge in [-0.25, -0.2) is 8.78 Å². The zero-order valence-corrected chi connectivity index (χ0v) is 7.41. The molecule has 2 rings (SSSR count). The van der Waals surface area contributed by atoms with Crippen molar-refractivity contribution in [2.45, 2.75) is 0 Å². The maximum Gasteiger partial charge on any atom is 0.126 e. The zero-order chi connectivity index (χ0) is 10.1. The van der Waals surface area contributed by atoms with Gasteiger partial charge >= 0.3 is 0 Å². The summed E-state index contributed by atoms with van der Waals surface area (Å²) in [5.74, 6) is -1.24. The number of benzene rings is 1. The van der Waals surface area contributed by atoms with Crippen LogP contribution in [0, 0.1) is 11.6 Å². The SMILES string of the molecule is Cn1ncc(-c2cc(F)cc(F)c2)n1. The fourth-order valence-electron chi connectivity index (χ4n) is 1.18. The van der Waals surface area contributed by atoms with Crippen LogP contribution < -0.4 is 0 Å². The van der Waals surface area contributed by atoms with E-state index in [0.29, 0.717) is 11.3 Å². The molecule has 0 amide bonds. The van der Waals surface area contributed by atoms with Crippen molar-refractivity contribution in [3.63, 3.8) is 0 Å². The molecule has 0 spiro atoms. The van der Waals surface area contributed by atoms with Crippen LogP contribution >= 0.6 is 0 Å². The van der Waals surface area contributed by atoms with E-state index in [-0.39, 0.29) is 0 Å². The summed E-state index contributed by atoms with van der Waals surface area (Å²) in [7, 11) is 1.64. The first kappa shape index (κ1) is 8.80. The Bertz CT molecular complexity index is 445. The molecule has 0 unspecified atom stereocenters. The van der Waals surface area contributed by atoms with Crippen molar-refractivity contribution in [3.05, 3.63) is 36.0 Å². The van der Waals surface area contributed by atoms with Gasteiger partial charge in [0, 0.05) is 18.7 Å². The second-order valence-corrected chi connectivity index (χ2v) is 2.88. The Hall–Kier alpha value is -1.78. The Morgan fingerprint density at radius 2 is 1.79 bits per heavy atom. The lowest BCUT2D eigenvalue weighted by molar-refractivity contribution is 0.584. The van der Waals surface area contributed by atoms with E-state index in [1.807, 2.05) is 0 Å². The maximum atomic E-state index is 12.8. The van der Waals surface area contributed by atoms with Gasteiger partial charge < -0.3 is 0 Å². The Morgan fingerprint density at radius 1 is 1.14 bits per heavy atom. The van der Waals surface area contributed by atoms with Crippen molar-refractivity contribution >= 4 is 0 Å². The van der Waals surface area contributed by atoms with Crippen LogP contribution in [0.25, 0.3) is 11.3 Å². The van der Waals surface area contributed by atoms with Crippen LogP contribution in [-0.4, -0.2) is 15.0 Å². The van der Waals surface area contributed by atoms with Gasteiger partial charge in [0.05, 0.1) is 6.20 Å². The summed E-state index contributed by atoms with van der Waals surface area (Å²) in [5, 5.41) is 7.75. The third kappa shape index (κ3) is 1.61. The molecule has 0 fully saturated rings. The minimum atomic E-state index is -0.620. The predicted octanol–water partition coefficient (Wildman–Crippen LogP) is 1.76. The molecule has 5 heteroatoms. The molecule has 1 aromatic carbocycles. The summed E-state index contributed by atoms with van der Waals surface area (Å²) >= 11 is 0. The van der Waals surface area contributed by atoms with Crippen LogP contribution in [0.5, 0.6) is 0 Å². The molecule has 0 saturated carbocycles. The number of aromatic nitrogens is 3. The highest BCUT2D eigenvalue weighted by molar-refractivity contribution is 5.57. The fourth-order valence-corrected chi connectivity index (χ4v) is 1.18. The Balaban J connectivity index is 2.51. The molecule has 0 bridgehead atoms. The molecule has 3 nitrogen and oxygen atoms in total. The topological polar surface area (TPSA) is 30.7 Å². The fraction of sp³-hybridized carbons (Fsp3) is 0.111. The van der Waals surface area contributed by atoms with E-state index in [9.17, 15) is 8.78 Å². The lowest BCUT2D eigenvalue weighted by atomic mass is 10.1. The van der Waals surface area contributed by atoms with Crippen LogP contribution in [0.3, 0.4) is 0 Å². The van der Waals surface area contributed by atoms with Crippen LogP contribution in [-0.2, 0) is 7.05 Å². The monoisotopic (exact) mass is 195 g/mol. The van der Waals surface area contributed by atoms with Crippen LogP contribution in [0.2, 0.25) is 0 Å². The average molecular weight is 195 g/mol. The second-order valence-electron chi connectivity index (χ2n) is 2.88. The molecular weight excluding hydrogens is 188 g/mol. The van der Waals surface area contributed by atoms with E-state index in [0.717, 1.165) is 6.07 Å². The highest BCUT2D eigenvalue weighted by Gasteiger charge is 2.05. The summed E-state index contributed by atoms with van der Waals surface area (Å²) in [6.45, 7) is 0. The molecule has 14 heavy (non-hydrogen) atoms. The molecule has 0 aliphatic heterocycles.